The fraction of sp³-hybridized carbons (Fsp3) is 0.462. The summed E-state index contributed by atoms with van der Waals surface area (Å²) in [7, 11) is 1.62. The van der Waals surface area contributed by atoms with E-state index in [2.05, 4.69) is 0 Å². The molecular formula is C13H16ClFO2. The van der Waals surface area contributed by atoms with Gasteiger partial charge < -0.3 is 4.74 Å². The molecule has 0 amide bonds. The van der Waals surface area contributed by atoms with Crippen LogP contribution in [0.5, 0.6) is 0 Å². The van der Waals surface area contributed by atoms with Gasteiger partial charge in [0.05, 0.1) is 11.1 Å². The highest BCUT2D eigenvalue weighted by Crippen LogP contribution is 2.17. The molecule has 0 aliphatic carbocycles. The second-order valence-electron chi connectivity index (χ2n) is 4.05. The van der Waals surface area contributed by atoms with Crippen molar-refractivity contribution >= 4 is 17.4 Å². The van der Waals surface area contributed by atoms with Crippen LogP contribution in [0.25, 0.3) is 0 Å². The highest BCUT2D eigenvalue weighted by Gasteiger charge is 2.08. The van der Waals surface area contributed by atoms with Crippen LogP contribution in [-0.4, -0.2) is 19.0 Å². The maximum atomic E-state index is 12.9. The zero-order valence-electron chi connectivity index (χ0n) is 10.0. The number of carbonyl (C=O) groups excluding carboxylic acids is 1. The number of methoxy groups -OCH3 is 1. The van der Waals surface area contributed by atoms with Gasteiger partial charge in [-0.1, -0.05) is 17.7 Å². The van der Waals surface area contributed by atoms with Crippen molar-refractivity contribution in [3.05, 3.63) is 34.6 Å². The summed E-state index contributed by atoms with van der Waals surface area (Å²) in [5, 5.41) is 0.0561. The molecule has 1 atom stereocenters. The number of benzene rings is 1. The molecule has 17 heavy (non-hydrogen) atoms. The molecule has 0 fully saturated rings. The Hall–Kier alpha value is -0.930. The number of hydrogen-bond acceptors (Lipinski definition) is 2. The summed E-state index contributed by atoms with van der Waals surface area (Å²) in [5.41, 5.74) is 0.742. The Bertz CT molecular complexity index is 393. The predicted octanol–water partition coefficient (Wildman–Crippen LogP) is 3.41. The van der Waals surface area contributed by atoms with E-state index in [1.165, 1.54) is 12.1 Å². The second-order valence-corrected chi connectivity index (χ2v) is 4.46. The maximum absolute atomic E-state index is 12.9. The zero-order chi connectivity index (χ0) is 12.8. The number of carbonyl (C=O) groups is 1. The third-order valence-electron chi connectivity index (χ3n) is 2.62. The highest BCUT2D eigenvalue weighted by molar-refractivity contribution is 6.30. The van der Waals surface area contributed by atoms with E-state index in [1.807, 2.05) is 6.92 Å². The van der Waals surface area contributed by atoms with Gasteiger partial charge in [0.25, 0.3) is 0 Å². The minimum atomic E-state index is -0.462. The first-order valence-corrected chi connectivity index (χ1v) is 5.89. The van der Waals surface area contributed by atoms with Crippen molar-refractivity contribution in [1.82, 2.24) is 0 Å². The fourth-order valence-electron chi connectivity index (χ4n) is 1.45. The Balaban J connectivity index is 2.48. The van der Waals surface area contributed by atoms with E-state index in [-0.39, 0.29) is 23.3 Å². The second kappa shape index (κ2) is 6.72. The fourth-order valence-corrected chi connectivity index (χ4v) is 1.65. The van der Waals surface area contributed by atoms with E-state index in [0.717, 1.165) is 5.56 Å². The summed E-state index contributed by atoms with van der Waals surface area (Å²) >= 11 is 5.64. The molecule has 1 aromatic rings. The molecule has 0 saturated carbocycles. The average molecular weight is 259 g/mol. The van der Waals surface area contributed by atoms with Crippen LogP contribution in [0, 0.1) is 5.82 Å². The molecule has 2 nitrogen and oxygen atoms in total. The molecule has 0 N–H and O–H groups in total. The standard InChI is InChI=1S/C13H16ClFO2/c1-9(17-2)3-5-11(16)7-10-4-6-13(15)12(14)8-10/h4,6,8-9H,3,5,7H2,1-2H3. The summed E-state index contributed by atoms with van der Waals surface area (Å²) in [6, 6.07) is 4.36. The molecule has 0 aliphatic heterocycles. The highest BCUT2D eigenvalue weighted by atomic mass is 35.5. The smallest absolute Gasteiger partial charge is 0.141 e. The Kier molecular flexibility index (Phi) is 5.59. The monoisotopic (exact) mass is 258 g/mol. The van der Waals surface area contributed by atoms with E-state index in [9.17, 15) is 9.18 Å². The molecule has 0 spiro atoms. The summed E-state index contributed by atoms with van der Waals surface area (Å²) in [5.74, 6) is -0.354. The Morgan fingerprint density at radius 3 is 2.82 bits per heavy atom. The SMILES string of the molecule is COC(C)CCC(=O)Cc1ccc(F)c(Cl)c1. The predicted molar refractivity (Wildman–Crippen MR) is 65.8 cm³/mol. The van der Waals surface area contributed by atoms with Gasteiger partial charge in [-0.3, -0.25) is 4.79 Å². The number of Topliss-reactive ketones (excluding diaryl/α,β-unsaturated/α-hetero) is 1. The lowest BCUT2D eigenvalue weighted by Gasteiger charge is -2.08. The molecule has 0 heterocycles. The van der Waals surface area contributed by atoms with Crippen LogP contribution in [0.15, 0.2) is 18.2 Å². The van der Waals surface area contributed by atoms with Gasteiger partial charge in [-0.25, -0.2) is 4.39 Å². The summed E-state index contributed by atoms with van der Waals surface area (Å²) in [6.45, 7) is 1.92. The van der Waals surface area contributed by atoms with E-state index in [4.69, 9.17) is 16.3 Å². The van der Waals surface area contributed by atoms with Crippen molar-refractivity contribution in [3.8, 4) is 0 Å². The molecule has 1 unspecified atom stereocenters. The van der Waals surface area contributed by atoms with Gasteiger partial charge in [-0.2, -0.15) is 0 Å². The normalized spacial score (nSPS) is 12.5. The largest absolute Gasteiger partial charge is 0.382 e. The molecule has 1 aromatic carbocycles. The number of halogens is 2. The first-order valence-electron chi connectivity index (χ1n) is 5.51. The van der Waals surface area contributed by atoms with Gasteiger partial charge in [0, 0.05) is 20.0 Å². The van der Waals surface area contributed by atoms with Crippen molar-refractivity contribution in [3.63, 3.8) is 0 Å². The number of ether oxygens (including phenoxy) is 1. The number of ketones is 1. The third kappa shape index (κ3) is 4.84. The van der Waals surface area contributed by atoms with Crippen molar-refractivity contribution in [2.45, 2.75) is 32.3 Å². The molecule has 0 aliphatic rings. The summed E-state index contributed by atoms with van der Waals surface area (Å²) in [6.07, 6.45) is 1.53. The first-order chi connectivity index (χ1) is 8.02. The summed E-state index contributed by atoms with van der Waals surface area (Å²) in [4.78, 5) is 11.6. The summed E-state index contributed by atoms with van der Waals surface area (Å²) < 4.78 is 18.0. The molecule has 1 rings (SSSR count). The lowest BCUT2D eigenvalue weighted by atomic mass is 10.0. The van der Waals surface area contributed by atoms with Crippen LogP contribution in [0.2, 0.25) is 5.02 Å². The zero-order valence-corrected chi connectivity index (χ0v) is 10.8. The minimum absolute atomic E-state index is 0.0561. The van der Waals surface area contributed by atoms with Crippen LogP contribution in [0.1, 0.15) is 25.3 Å². The lowest BCUT2D eigenvalue weighted by Crippen LogP contribution is -2.10. The van der Waals surface area contributed by atoms with E-state index in [0.29, 0.717) is 12.8 Å². The molecular weight excluding hydrogens is 243 g/mol. The molecule has 0 radical (unpaired) electrons. The van der Waals surface area contributed by atoms with Gasteiger partial charge >= 0.3 is 0 Å². The van der Waals surface area contributed by atoms with E-state index in [1.54, 1.807) is 13.2 Å². The number of hydrogen-bond donors (Lipinski definition) is 0. The lowest BCUT2D eigenvalue weighted by molar-refractivity contribution is -0.119. The molecule has 94 valence electrons. The van der Waals surface area contributed by atoms with Gasteiger partial charge in [0.15, 0.2) is 0 Å². The van der Waals surface area contributed by atoms with Crippen LogP contribution >= 0.6 is 11.6 Å². The molecule has 0 bridgehead atoms. The Morgan fingerprint density at radius 1 is 1.53 bits per heavy atom. The molecule has 0 aromatic heterocycles. The van der Waals surface area contributed by atoms with Crippen LogP contribution in [0.4, 0.5) is 4.39 Å². The average Bonchev–Trinajstić information content (AvgIpc) is 2.31. The van der Waals surface area contributed by atoms with Crippen molar-refractivity contribution in [2.75, 3.05) is 7.11 Å². The third-order valence-corrected chi connectivity index (χ3v) is 2.91. The van der Waals surface area contributed by atoms with Crippen molar-refractivity contribution < 1.29 is 13.9 Å². The van der Waals surface area contributed by atoms with Gasteiger partial charge in [-0.05, 0) is 31.0 Å². The van der Waals surface area contributed by atoms with Crippen LogP contribution in [-0.2, 0) is 16.0 Å². The quantitative estimate of drug-likeness (QED) is 0.782. The van der Waals surface area contributed by atoms with Gasteiger partial charge in [-0.15, -0.1) is 0 Å². The topological polar surface area (TPSA) is 26.3 Å². The van der Waals surface area contributed by atoms with Crippen molar-refractivity contribution in [1.29, 1.82) is 0 Å². The van der Waals surface area contributed by atoms with Crippen LogP contribution < -0.4 is 0 Å². The maximum Gasteiger partial charge on any atom is 0.141 e. The van der Waals surface area contributed by atoms with E-state index >= 15 is 0 Å². The molecule has 0 saturated heterocycles. The Morgan fingerprint density at radius 2 is 2.24 bits per heavy atom. The number of rotatable bonds is 6. The van der Waals surface area contributed by atoms with Crippen LogP contribution in [0.3, 0.4) is 0 Å². The minimum Gasteiger partial charge on any atom is -0.382 e. The van der Waals surface area contributed by atoms with E-state index < -0.39 is 5.82 Å². The van der Waals surface area contributed by atoms with Crippen molar-refractivity contribution in [2.24, 2.45) is 0 Å². The van der Waals surface area contributed by atoms with Gasteiger partial charge in [0.2, 0.25) is 0 Å². The molecule has 4 heteroatoms. The first kappa shape index (κ1) is 14.1. The van der Waals surface area contributed by atoms with Gasteiger partial charge in [0.1, 0.15) is 11.6 Å². The Labute approximate surface area is 106 Å².